The first kappa shape index (κ1) is 24.8. The molecule has 0 aliphatic heterocycles. The van der Waals surface area contributed by atoms with Crippen LogP contribution >= 0.6 is 0 Å². The molecule has 3 rings (SSSR count). The highest BCUT2D eigenvalue weighted by Gasteiger charge is 2.28. The van der Waals surface area contributed by atoms with Crippen LogP contribution in [0.15, 0.2) is 72.8 Å². The van der Waals surface area contributed by atoms with Crippen molar-refractivity contribution in [3.05, 3.63) is 83.9 Å². The summed E-state index contributed by atoms with van der Waals surface area (Å²) in [5.74, 6) is -1.61. The van der Waals surface area contributed by atoms with E-state index >= 15 is 0 Å². The lowest BCUT2D eigenvalue weighted by atomic mass is 10.00. The Balaban J connectivity index is 1.64. The second kappa shape index (κ2) is 11.8. The average Bonchev–Trinajstić information content (AvgIpc) is 2.82. The zero-order valence-electron chi connectivity index (χ0n) is 19.4. The van der Waals surface area contributed by atoms with E-state index in [9.17, 15) is 19.5 Å². The molecule has 0 aromatic heterocycles. The van der Waals surface area contributed by atoms with Crippen molar-refractivity contribution in [2.75, 3.05) is 0 Å². The van der Waals surface area contributed by atoms with Crippen LogP contribution < -0.4 is 10.6 Å². The van der Waals surface area contributed by atoms with E-state index in [2.05, 4.69) is 10.6 Å². The Morgan fingerprint density at radius 2 is 1.50 bits per heavy atom. The molecule has 3 aromatic rings. The summed E-state index contributed by atoms with van der Waals surface area (Å²) in [6.07, 6.45) is -0.265. The third kappa shape index (κ3) is 7.33. The fraction of sp³-hybridized carbons (Fsp3) is 0.296. The monoisotopic (exact) mass is 462 g/mol. The van der Waals surface area contributed by atoms with Crippen molar-refractivity contribution in [2.24, 2.45) is 5.92 Å². The molecular weight excluding hydrogens is 432 g/mol. The van der Waals surface area contributed by atoms with Crippen molar-refractivity contribution in [2.45, 2.75) is 45.4 Å². The minimum absolute atomic E-state index is 0.0718. The van der Waals surface area contributed by atoms with Crippen molar-refractivity contribution >= 4 is 28.7 Å². The van der Waals surface area contributed by atoms with E-state index in [0.717, 1.165) is 21.9 Å². The second-order valence-corrected chi connectivity index (χ2v) is 8.67. The SMILES string of the molecule is CC(C)C[C@H](NC(=O)OCc1ccccc1)C(=O)N[C@H](Cc1ccc2ccccc2c1)C(=O)O. The van der Waals surface area contributed by atoms with E-state index in [1.165, 1.54) is 0 Å². The molecule has 3 N–H and O–H groups in total. The molecule has 0 heterocycles. The van der Waals surface area contributed by atoms with E-state index < -0.39 is 30.1 Å². The fourth-order valence-electron chi connectivity index (χ4n) is 3.68. The van der Waals surface area contributed by atoms with Gasteiger partial charge in [0.1, 0.15) is 18.7 Å². The van der Waals surface area contributed by atoms with Crippen LogP contribution in [0.5, 0.6) is 0 Å². The fourth-order valence-corrected chi connectivity index (χ4v) is 3.68. The molecule has 2 atom stereocenters. The van der Waals surface area contributed by atoms with Crippen LogP contribution in [-0.4, -0.2) is 35.2 Å². The van der Waals surface area contributed by atoms with Crippen molar-refractivity contribution in [3.8, 4) is 0 Å². The van der Waals surface area contributed by atoms with Gasteiger partial charge >= 0.3 is 12.1 Å². The number of hydrogen-bond donors (Lipinski definition) is 3. The van der Waals surface area contributed by atoms with Gasteiger partial charge in [-0.05, 0) is 34.2 Å². The molecule has 0 bridgehead atoms. The van der Waals surface area contributed by atoms with Gasteiger partial charge < -0.3 is 20.5 Å². The third-order valence-electron chi connectivity index (χ3n) is 5.40. The normalized spacial score (nSPS) is 12.7. The summed E-state index contributed by atoms with van der Waals surface area (Å²) in [5, 5.41) is 16.9. The van der Waals surface area contributed by atoms with Crippen molar-refractivity contribution in [1.82, 2.24) is 10.6 Å². The maximum absolute atomic E-state index is 13.0. The van der Waals surface area contributed by atoms with Gasteiger partial charge in [-0.15, -0.1) is 0 Å². The number of fused-ring (bicyclic) bond motifs is 1. The summed E-state index contributed by atoms with van der Waals surface area (Å²) in [6, 6.07) is 20.7. The summed E-state index contributed by atoms with van der Waals surface area (Å²) >= 11 is 0. The van der Waals surface area contributed by atoms with Gasteiger partial charge in [0, 0.05) is 6.42 Å². The molecule has 178 valence electrons. The molecule has 7 heteroatoms. The number of aliphatic carboxylic acids is 1. The molecule has 0 saturated heterocycles. The predicted molar refractivity (Wildman–Crippen MR) is 130 cm³/mol. The van der Waals surface area contributed by atoms with Gasteiger partial charge in [-0.3, -0.25) is 4.79 Å². The summed E-state index contributed by atoms with van der Waals surface area (Å²) in [6.45, 7) is 3.91. The Morgan fingerprint density at radius 3 is 2.18 bits per heavy atom. The molecule has 0 fully saturated rings. The lowest BCUT2D eigenvalue weighted by Crippen LogP contribution is -2.52. The van der Waals surface area contributed by atoms with Crippen LogP contribution in [-0.2, 0) is 27.4 Å². The number of carbonyl (C=O) groups excluding carboxylic acids is 2. The molecule has 2 amide bonds. The molecule has 0 aliphatic carbocycles. The third-order valence-corrected chi connectivity index (χ3v) is 5.40. The highest BCUT2D eigenvalue weighted by molar-refractivity contribution is 5.89. The maximum Gasteiger partial charge on any atom is 0.408 e. The summed E-state index contributed by atoms with van der Waals surface area (Å²) in [5.41, 5.74) is 1.62. The molecule has 0 unspecified atom stereocenters. The van der Waals surface area contributed by atoms with Gasteiger partial charge in [0.05, 0.1) is 0 Å². The number of hydrogen-bond acceptors (Lipinski definition) is 4. The number of alkyl carbamates (subject to hydrolysis) is 1. The van der Waals surface area contributed by atoms with E-state index in [0.29, 0.717) is 6.42 Å². The smallest absolute Gasteiger partial charge is 0.408 e. The number of benzene rings is 3. The van der Waals surface area contributed by atoms with Crippen molar-refractivity contribution in [1.29, 1.82) is 0 Å². The standard InChI is InChI=1S/C27H30N2O5/c1-18(2)14-23(29-27(33)34-17-19-8-4-3-5-9-19)25(30)28-24(26(31)32)16-20-12-13-21-10-6-7-11-22(21)15-20/h3-13,15,18,23-24H,14,16-17H2,1-2H3,(H,28,30)(H,29,33)(H,31,32)/t23-,24+/m0/s1. The van der Waals surface area contributed by atoms with E-state index in [-0.39, 0.29) is 18.9 Å². The Labute approximate surface area is 199 Å². The highest BCUT2D eigenvalue weighted by atomic mass is 16.5. The Morgan fingerprint density at radius 1 is 0.824 bits per heavy atom. The Hall–Kier alpha value is -3.87. The quantitative estimate of drug-likeness (QED) is 0.417. The predicted octanol–water partition coefficient (Wildman–Crippen LogP) is 4.29. The summed E-state index contributed by atoms with van der Waals surface area (Å²) < 4.78 is 5.23. The Bertz CT molecular complexity index is 1130. The Kier molecular flexibility index (Phi) is 8.62. The number of amides is 2. The first-order chi connectivity index (χ1) is 16.3. The molecule has 0 radical (unpaired) electrons. The number of nitrogens with one attached hydrogen (secondary N) is 2. The van der Waals surface area contributed by atoms with Gasteiger partial charge in [0.15, 0.2) is 0 Å². The van der Waals surface area contributed by atoms with Gasteiger partial charge in [0.2, 0.25) is 5.91 Å². The van der Waals surface area contributed by atoms with Crippen LogP contribution in [0.2, 0.25) is 0 Å². The molecule has 3 aromatic carbocycles. The number of rotatable bonds is 10. The lowest BCUT2D eigenvalue weighted by Gasteiger charge is -2.22. The van der Waals surface area contributed by atoms with Crippen LogP contribution in [0, 0.1) is 5.92 Å². The van der Waals surface area contributed by atoms with Crippen LogP contribution in [0.4, 0.5) is 4.79 Å². The van der Waals surface area contributed by atoms with E-state index in [1.807, 2.05) is 86.6 Å². The van der Waals surface area contributed by atoms with Gasteiger partial charge in [-0.25, -0.2) is 9.59 Å². The molecule has 0 aliphatic rings. The second-order valence-electron chi connectivity index (χ2n) is 8.67. The molecule has 34 heavy (non-hydrogen) atoms. The van der Waals surface area contributed by atoms with E-state index in [1.54, 1.807) is 0 Å². The molecule has 0 saturated carbocycles. The van der Waals surface area contributed by atoms with Gasteiger partial charge in [0.25, 0.3) is 0 Å². The minimum Gasteiger partial charge on any atom is -0.480 e. The number of carbonyl (C=O) groups is 3. The highest BCUT2D eigenvalue weighted by Crippen LogP contribution is 2.17. The number of ether oxygens (including phenoxy) is 1. The maximum atomic E-state index is 13.0. The van der Waals surface area contributed by atoms with Gasteiger partial charge in [-0.1, -0.05) is 86.6 Å². The van der Waals surface area contributed by atoms with Crippen molar-refractivity contribution in [3.63, 3.8) is 0 Å². The van der Waals surface area contributed by atoms with E-state index in [4.69, 9.17) is 4.74 Å². The van der Waals surface area contributed by atoms with Crippen molar-refractivity contribution < 1.29 is 24.2 Å². The minimum atomic E-state index is -1.14. The van der Waals surface area contributed by atoms with Crippen LogP contribution in [0.1, 0.15) is 31.4 Å². The largest absolute Gasteiger partial charge is 0.480 e. The first-order valence-electron chi connectivity index (χ1n) is 11.3. The molecule has 7 nitrogen and oxygen atoms in total. The lowest BCUT2D eigenvalue weighted by molar-refractivity contribution is -0.142. The van der Waals surface area contributed by atoms with Crippen LogP contribution in [0.3, 0.4) is 0 Å². The topological polar surface area (TPSA) is 105 Å². The summed E-state index contributed by atoms with van der Waals surface area (Å²) in [4.78, 5) is 37.2. The zero-order chi connectivity index (χ0) is 24.5. The summed E-state index contributed by atoms with van der Waals surface area (Å²) in [7, 11) is 0. The zero-order valence-corrected chi connectivity index (χ0v) is 19.4. The molecular formula is C27H30N2O5. The van der Waals surface area contributed by atoms with Gasteiger partial charge in [-0.2, -0.15) is 0 Å². The molecule has 0 spiro atoms. The number of carboxylic acids is 1. The average molecular weight is 463 g/mol. The first-order valence-corrected chi connectivity index (χ1v) is 11.3. The van der Waals surface area contributed by atoms with Crippen LogP contribution in [0.25, 0.3) is 10.8 Å². The number of carboxylic acid groups (broad SMARTS) is 1.